The number of thioether (sulfide) groups is 1. The monoisotopic (exact) mass is 393 g/mol. The fourth-order valence-electron chi connectivity index (χ4n) is 3.27. The highest BCUT2D eigenvalue weighted by Crippen LogP contribution is 2.47. The summed E-state index contributed by atoms with van der Waals surface area (Å²) in [5, 5.41) is 13.4. The molecule has 0 radical (unpaired) electrons. The molecule has 2 saturated heterocycles. The van der Waals surface area contributed by atoms with Crippen LogP contribution >= 0.6 is 11.8 Å². The predicted molar refractivity (Wildman–Crippen MR) is 98.2 cm³/mol. The molecule has 144 valence electrons. The van der Waals surface area contributed by atoms with Crippen molar-refractivity contribution in [3.63, 3.8) is 0 Å². The van der Waals surface area contributed by atoms with Crippen LogP contribution < -0.4 is 5.32 Å². The van der Waals surface area contributed by atoms with Crippen LogP contribution in [0.2, 0.25) is 0 Å². The molecule has 0 aliphatic carbocycles. The molecule has 1 aromatic rings. The Balaban J connectivity index is 1.58. The van der Waals surface area contributed by atoms with E-state index in [1.165, 1.54) is 30.0 Å². The first-order valence-corrected chi connectivity index (χ1v) is 9.37. The SMILES string of the molecule is Cc1ccc([N+](=O)[O-])cc1NC(=O)COC(=O)[C@H]1CS[C@]2(C)CCC(=O)N12. The van der Waals surface area contributed by atoms with Gasteiger partial charge < -0.3 is 15.0 Å². The van der Waals surface area contributed by atoms with E-state index in [4.69, 9.17) is 4.74 Å². The number of carbonyl (C=O) groups is 3. The van der Waals surface area contributed by atoms with Gasteiger partial charge in [-0.3, -0.25) is 19.7 Å². The molecule has 0 spiro atoms. The van der Waals surface area contributed by atoms with E-state index < -0.39 is 29.4 Å². The summed E-state index contributed by atoms with van der Waals surface area (Å²) < 4.78 is 5.09. The predicted octanol–water partition coefficient (Wildman–Crippen LogP) is 1.84. The summed E-state index contributed by atoms with van der Waals surface area (Å²) >= 11 is 1.54. The summed E-state index contributed by atoms with van der Waals surface area (Å²) in [7, 11) is 0. The van der Waals surface area contributed by atoms with E-state index in [0.29, 0.717) is 24.2 Å². The molecule has 2 atom stereocenters. The summed E-state index contributed by atoms with van der Waals surface area (Å²) in [6.45, 7) is 3.09. The van der Waals surface area contributed by atoms with Crippen LogP contribution in [0.25, 0.3) is 0 Å². The molecule has 2 amide bonds. The number of esters is 1. The number of anilines is 1. The Bertz CT molecular complexity index is 829. The molecule has 0 unspecified atom stereocenters. The average molecular weight is 393 g/mol. The molecule has 0 bridgehead atoms. The quantitative estimate of drug-likeness (QED) is 0.460. The Hall–Kier alpha value is -2.62. The first-order chi connectivity index (χ1) is 12.7. The van der Waals surface area contributed by atoms with E-state index in [9.17, 15) is 24.5 Å². The van der Waals surface area contributed by atoms with Crippen LogP contribution in [-0.2, 0) is 19.1 Å². The number of hydrogen-bond donors (Lipinski definition) is 1. The molecule has 2 aliphatic rings. The second-order valence-corrected chi connectivity index (χ2v) is 8.18. The number of nitro benzene ring substituents is 1. The van der Waals surface area contributed by atoms with E-state index in [2.05, 4.69) is 5.32 Å². The Morgan fingerprint density at radius 3 is 2.93 bits per heavy atom. The molecule has 1 N–H and O–H groups in total. The topological polar surface area (TPSA) is 119 Å². The van der Waals surface area contributed by atoms with E-state index in [1.807, 2.05) is 6.92 Å². The number of nitro groups is 1. The number of ether oxygens (including phenoxy) is 1. The van der Waals surface area contributed by atoms with Crippen LogP contribution in [0.5, 0.6) is 0 Å². The number of nitrogens with one attached hydrogen (secondary N) is 1. The number of amides is 2. The zero-order valence-electron chi connectivity index (χ0n) is 14.9. The Morgan fingerprint density at radius 2 is 2.22 bits per heavy atom. The Morgan fingerprint density at radius 1 is 1.48 bits per heavy atom. The van der Waals surface area contributed by atoms with Gasteiger partial charge >= 0.3 is 5.97 Å². The van der Waals surface area contributed by atoms with Crippen molar-refractivity contribution < 1.29 is 24.0 Å². The van der Waals surface area contributed by atoms with Gasteiger partial charge in [-0.1, -0.05) is 6.07 Å². The molecule has 2 aliphatic heterocycles. The molecule has 27 heavy (non-hydrogen) atoms. The van der Waals surface area contributed by atoms with Gasteiger partial charge in [0.2, 0.25) is 5.91 Å². The van der Waals surface area contributed by atoms with Gasteiger partial charge in [0.05, 0.1) is 15.5 Å². The number of rotatable bonds is 5. The van der Waals surface area contributed by atoms with Crippen LogP contribution in [-0.4, -0.2) is 50.9 Å². The third-order valence-electron chi connectivity index (χ3n) is 4.77. The van der Waals surface area contributed by atoms with Crippen LogP contribution in [0.4, 0.5) is 11.4 Å². The number of benzene rings is 1. The summed E-state index contributed by atoms with van der Waals surface area (Å²) in [6, 6.07) is 3.42. The van der Waals surface area contributed by atoms with E-state index >= 15 is 0 Å². The van der Waals surface area contributed by atoms with Gasteiger partial charge in [-0.2, -0.15) is 0 Å². The third-order valence-corrected chi connectivity index (χ3v) is 6.27. The lowest BCUT2D eigenvalue weighted by molar-refractivity contribution is -0.384. The Kier molecular flexibility index (Phi) is 5.09. The minimum absolute atomic E-state index is 0.0823. The third kappa shape index (κ3) is 3.75. The summed E-state index contributed by atoms with van der Waals surface area (Å²) in [6.07, 6.45) is 1.09. The maximum absolute atomic E-state index is 12.3. The standard InChI is InChI=1S/C17H19N3O6S/c1-10-3-4-11(20(24)25)7-12(10)18-14(21)8-26-16(23)13-9-27-17(2)6-5-15(22)19(13)17/h3-4,7,13H,5-6,8-9H2,1-2H3,(H,18,21)/t13-,17-/m1/s1. The molecule has 2 heterocycles. The van der Waals surface area contributed by atoms with Gasteiger partial charge in [-0.15, -0.1) is 11.8 Å². The first-order valence-electron chi connectivity index (χ1n) is 8.39. The molecule has 10 heteroatoms. The van der Waals surface area contributed by atoms with Crippen molar-refractivity contribution in [2.24, 2.45) is 0 Å². The number of hydrogen-bond acceptors (Lipinski definition) is 7. The molecule has 2 fully saturated rings. The minimum atomic E-state index is -0.692. The maximum Gasteiger partial charge on any atom is 0.330 e. The molecule has 9 nitrogen and oxygen atoms in total. The van der Waals surface area contributed by atoms with Crippen LogP contribution in [0, 0.1) is 17.0 Å². The molecule has 1 aromatic carbocycles. The Labute approximate surface area is 159 Å². The van der Waals surface area contributed by atoms with Crippen molar-refractivity contribution >= 4 is 40.9 Å². The zero-order valence-corrected chi connectivity index (χ0v) is 15.7. The van der Waals surface area contributed by atoms with Gasteiger partial charge in [-0.25, -0.2) is 4.79 Å². The zero-order chi connectivity index (χ0) is 19.8. The lowest BCUT2D eigenvalue weighted by Gasteiger charge is -2.29. The normalized spacial score (nSPS) is 23.9. The largest absolute Gasteiger partial charge is 0.454 e. The van der Waals surface area contributed by atoms with E-state index in [-0.39, 0.29) is 22.2 Å². The molecule has 0 saturated carbocycles. The maximum atomic E-state index is 12.3. The molecule has 3 rings (SSSR count). The van der Waals surface area contributed by atoms with Crippen molar-refractivity contribution in [3.8, 4) is 0 Å². The first kappa shape index (κ1) is 19.2. The number of non-ortho nitro benzene ring substituents is 1. The van der Waals surface area contributed by atoms with Crippen molar-refractivity contribution in [2.75, 3.05) is 17.7 Å². The molecular weight excluding hydrogens is 374 g/mol. The highest BCUT2D eigenvalue weighted by atomic mass is 32.2. The smallest absolute Gasteiger partial charge is 0.330 e. The van der Waals surface area contributed by atoms with E-state index in [1.54, 1.807) is 11.8 Å². The summed E-state index contributed by atoms with van der Waals surface area (Å²) in [4.78, 5) is 47.9. The van der Waals surface area contributed by atoms with E-state index in [0.717, 1.165) is 0 Å². The van der Waals surface area contributed by atoms with Crippen LogP contribution in [0.1, 0.15) is 25.3 Å². The second kappa shape index (κ2) is 7.18. The number of carbonyl (C=O) groups excluding carboxylic acids is 3. The van der Waals surface area contributed by atoms with Gasteiger partial charge in [-0.05, 0) is 25.8 Å². The second-order valence-electron chi connectivity index (χ2n) is 6.68. The summed E-state index contributed by atoms with van der Waals surface area (Å²) in [5.74, 6) is -0.867. The fourth-order valence-corrected chi connectivity index (χ4v) is 4.69. The van der Waals surface area contributed by atoms with Crippen molar-refractivity contribution in [2.45, 2.75) is 37.6 Å². The summed E-state index contributed by atoms with van der Waals surface area (Å²) in [5.41, 5.74) is 0.776. The number of aryl methyl sites for hydroxylation is 1. The average Bonchev–Trinajstić information content (AvgIpc) is 3.11. The lowest BCUT2D eigenvalue weighted by atomic mass is 10.2. The van der Waals surface area contributed by atoms with Gasteiger partial charge in [0.15, 0.2) is 6.61 Å². The van der Waals surface area contributed by atoms with Crippen molar-refractivity contribution in [1.29, 1.82) is 0 Å². The highest BCUT2D eigenvalue weighted by Gasteiger charge is 2.53. The molecular formula is C17H19N3O6S. The van der Waals surface area contributed by atoms with Gasteiger partial charge in [0, 0.05) is 24.3 Å². The van der Waals surface area contributed by atoms with Crippen LogP contribution in [0.15, 0.2) is 18.2 Å². The van der Waals surface area contributed by atoms with Crippen molar-refractivity contribution in [1.82, 2.24) is 4.90 Å². The number of nitrogens with zero attached hydrogens (tertiary/aromatic N) is 2. The lowest BCUT2D eigenvalue weighted by Crippen LogP contribution is -2.47. The fraction of sp³-hybridized carbons (Fsp3) is 0.471. The van der Waals surface area contributed by atoms with Crippen LogP contribution in [0.3, 0.4) is 0 Å². The highest BCUT2D eigenvalue weighted by molar-refractivity contribution is 8.01. The van der Waals surface area contributed by atoms with Crippen molar-refractivity contribution in [3.05, 3.63) is 33.9 Å². The number of fused-ring (bicyclic) bond motifs is 1. The van der Waals surface area contributed by atoms with Gasteiger partial charge in [0.1, 0.15) is 6.04 Å². The van der Waals surface area contributed by atoms with Gasteiger partial charge in [0.25, 0.3) is 11.6 Å². The minimum Gasteiger partial charge on any atom is -0.454 e. The molecule has 0 aromatic heterocycles.